The molecule has 4 aliphatic rings. The smallest absolute Gasteiger partial charge is 0.404 e. The number of halogens is 1. The number of carbonyl (C=O) groups is 1. The molecule has 2 bridgehead atoms. The molecule has 0 radical (unpaired) electrons. The van der Waals surface area contributed by atoms with Gasteiger partial charge in [-0.3, -0.25) is 0 Å². The lowest BCUT2D eigenvalue weighted by atomic mass is 9.98. The van der Waals surface area contributed by atoms with Crippen molar-refractivity contribution in [2.75, 3.05) is 37.4 Å². The van der Waals surface area contributed by atoms with E-state index in [2.05, 4.69) is 49.8 Å². The van der Waals surface area contributed by atoms with E-state index < -0.39 is 6.09 Å². The highest BCUT2D eigenvalue weighted by molar-refractivity contribution is 6.32. The van der Waals surface area contributed by atoms with Gasteiger partial charge in [0.25, 0.3) is 0 Å². The van der Waals surface area contributed by atoms with Crippen LogP contribution in [0.15, 0.2) is 30.5 Å². The molecule has 6 rings (SSSR count). The van der Waals surface area contributed by atoms with E-state index in [4.69, 9.17) is 26.8 Å². The Labute approximate surface area is 221 Å². The molecule has 0 unspecified atom stereocenters. The third-order valence-electron chi connectivity index (χ3n) is 8.06. The van der Waals surface area contributed by atoms with Crippen molar-refractivity contribution in [3.8, 4) is 5.75 Å². The van der Waals surface area contributed by atoms with Gasteiger partial charge in [0, 0.05) is 31.5 Å². The number of aromatic nitrogens is 2. The molecule has 4 N–H and O–H groups in total. The number of nitrogens with zero attached hydrogens (tertiary/aromatic N) is 3. The molecule has 1 amide bonds. The zero-order chi connectivity index (χ0) is 25.5. The van der Waals surface area contributed by atoms with Crippen LogP contribution in [0.5, 0.6) is 5.75 Å². The van der Waals surface area contributed by atoms with Gasteiger partial charge in [-0.1, -0.05) is 23.8 Å². The van der Waals surface area contributed by atoms with Crippen molar-refractivity contribution in [2.45, 2.75) is 44.2 Å². The minimum Gasteiger partial charge on any atom is -0.495 e. The highest BCUT2D eigenvalue weighted by Crippen LogP contribution is 2.43. The van der Waals surface area contributed by atoms with Crippen molar-refractivity contribution in [3.63, 3.8) is 0 Å². The van der Waals surface area contributed by atoms with Crippen LogP contribution in [0.4, 0.5) is 22.2 Å². The lowest BCUT2D eigenvalue weighted by molar-refractivity contribution is 0.0853. The molecule has 1 aromatic carbocycles. The minimum absolute atomic E-state index is 0.136. The third kappa shape index (κ3) is 5.20. The fourth-order valence-electron chi connectivity index (χ4n) is 5.98. The fourth-order valence-corrected chi connectivity index (χ4v) is 6.13. The number of rotatable bonds is 8. The van der Waals surface area contributed by atoms with E-state index in [-0.39, 0.29) is 24.0 Å². The van der Waals surface area contributed by atoms with Crippen LogP contribution >= 0.6 is 11.6 Å². The number of fused-ring (bicyclic) bond motifs is 3. The van der Waals surface area contributed by atoms with E-state index in [1.165, 1.54) is 30.5 Å². The summed E-state index contributed by atoms with van der Waals surface area (Å²) < 4.78 is 11.2. The summed E-state index contributed by atoms with van der Waals surface area (Å²) in [5, 5.41) is 7.12. The highest BCUT2D eigenvalue weighted by Gasteiger charge is 2.47. The lowest BCUT2D eigenvalue weighted by Gasteiger charge is -2.28. The van der Waals surface area contributed by atoms with Gasteiger partial charge in [-0.05, 0) is 61.3 Å². The molecular weight excluding hydrogens is 492 g/mol. The second kappa shape index (κ2) is 10.0. The second-order valence-corrected chi connectivity index (χ2v) is 11.0. The third-order valence-corrected chi connectivity index (χ3v) is 8.34. The Hall–Kier alpha value is -3.04. The van der Waals surface area contributed by atoms with E-state index in [1.807, 2.05) is 0 Å². The summed E-state index contributed by atoms with van der Waals surface area (Å²) in [5.74, 6) is 2.88. The SMILES string of the molecule is COc1cc2c(cc1Nc1ncc(Cl)c(N[C@H]3[C@@H](OC(N)=O)[C@@H]4C=C[C@H]3C4)n1)CCN(CC1CC1)CC2. The Morgan fingerprint density at radius 2 is 1.95 bits per heavy atom. The van der Waals surface area contributed by atoms with Gasteiger partial charge in [-0.25, -0.2) is 9.78 Å². The van der Waals surface area contributed by atoms with Gasteiger partial charge in [0.2, 0.25) is 5.95 Å². The van der Waals surface area contributed by atoms with E-state index >= 15 is 0 Å². The topological polar surface area (TPSA) is 115 Å². The number of anilines is 3. The molecule has 196 valence electrons. The average Bonchev–Trinajstić information content (AvgIpc) is 3.53. The first-order valence-electron chi connectivity index (χ1n) is 13.1. The van der Waals surface area contributed by atoms with Gasteiger partial charge in [-0.2, -0.15) is 4.98 Å². The molecule has 2 aromatic rings. The number of primary amides is 1. The Morgan fingerprint density at radius 1 is 1.19 bits per heavy atom. The summed E-state index contributed by atoms with van der Waals surface area (Å²) in [5.41, 5.74) is 8.82. The number of benzene rings is 1. The first-order chi connectivity index (χ1) is 18.0. The van der Waals surface area contributed by atoms with E-state index in [9.17, 15) is 4.79 Å². The van der Waals surface area contributed by atoms with Crippen LogP contribution in [0.1, 0.15) is 30.4 Å². The largest absolute Gasteiger partial charge is 0.495 e. The molecule has 4 atom stereocenters. The van der Waals surface area contributed by atoms with Crippen molar-refractivity contribution in [1.82, 2.24) is 14.9 Å². The fraction of sp³-hybridized carbons (Fsp3) is 0.519. The maximum absolute atomic E-state index is 11.5. The Bertz CT molecular complexity index is 1220. The molecule has 2 saturated carbocycles. The summed E-state index contributed by atoms with van der Waals surface area (Å²) in [6, 6.07) is 4.14. The number of carbonyl (C=O) groups excluding carboxylic acids is 1. The predicted molar refractivity (Wildman–Crippen MR) is 142 cm³/mol. The predicted octanol–water partition coefficient (Wildman–Crippen LogP) is 4.14. The summed E-state index contributed by atoms with van der Waals surface area (Å²) in [6.07, 6.45) is 10.3. The standard InChI is InChI=1S/C27H33ClN6O3/c1-36-22-12-17-7-9-34(14-15-2-3-15)8-6-16(17)11-21(22)31-27-30-13-20(28)25(33-27)32-23-18-4-5-19(10-18)24(23)37-26(29)35/h4-5,11-13,15,18-19,23-24H,2-3,6-10,14H2,1H3,(H2,29,35)(H2,30,31,32,33)/t18-,19+,23+,24-/m0/s1. The van der Waals surface area contributed by atoms with Crippen LogP contribution < -0.4 is 21.1 Å². The molecular formula is C27H33ClN6O3. The molecule has 2 heterocycles. The minimum atomic E-state index is -0.778. The van der Waals surface area contributed by atoms with E-state index in [1.54, 1.807) is 13.3 Å². The molecule has 1 aliphatic heterocycles. The highest BCUT2D eigenvalue weighted by atomic mass is 35.5. The summed E-state index contributed by atoms with van der Waals surface area (Å²) >= 11 is 6.46. The lowest BCUT2D eigenvalue weighted by Crippen LogP contribution is -2.41. The normalized spacial score (nSPS) is 26.4. The van der Waals surface area contributed by atoms with Gasteiger partial charge in [-0.15, -0.1) is 0 Å². The molecule has 1 aromatic heterocycles. The molecule has 9 nitrogen and oxygen atoms in total. The first kappa shape index (κ1) is 24.3. The van der Waals surface area contributed by atoms with Gasteiger partial charge in [0.05, 0.1) is 25.0 Å². The maximum atomic E-state index is 11.5. The number of amides is 1. The summed E-state index contributed by atoms with van der Waals surface area (Å²) in [6.45, 7) is 3.38. The second-order valence-electron chi connectivity index (χ2n) is 10.6. The van der Waals surface area contributed by atoms with E-state index in [0.29, 0.717) is 16.8 Å². The van der Waals surface area contributed by atoms with Gasteiger partial charge in [0.1, 0.15) is 16.9 Å². The zero-order valence-corrected chi connectivity index (χ0v) is 21.7. The van der Waals surface area contributed by atoms with Gasteiger partial charge < -0.3 is 30.7 Å². The Kier molecular flexibility index (Phi) is 6.58. The van der Waals surface area contributed by atoms with Crippen LogP contribution in [-0.2, 0) is 17.6 Å². The molecule has 37 heavy (non-hydrogen) atoms. The number of hydrogen-bond donors (Lipinski definition) is 3. The number of nitrogens with one attached hydrogen (secondary N) is 2. The summed E-state index contributed by atoms with van der Waals surface area (Å²) in [4.78, 5) is 23.1. The van der Waals surface area contributed by atoms with Crippen molar-refractivity contribution >= 4 is 35.1 Å². The maximum Gasteiger partial charge on any atom is 0.404 e. The van der Waals surface area contributed by atoms with E-state index in [0.717, 1.165) is 49.7 Å². The number of hydrogen-bond acceptors (Lipinski definition) is 8. The van der Waals surface area contributed by atoms with Crippen LogP contribution in [0.25, 0.3) is 0 Å². The van der Waals surface area contributed by atoms with Crippen LogP contribution in [0, 0.1) is 17.8 Å². The molecule has 0 saturated heterocycles. The molecule has 2 fully saturated rings. The van der Waals surface area contributed by atoms with Crippen LogP contribution in [-0.4, -0.2) is 59.9 Å². The number of methoxy groups -OCH3 is 1. The van der Waals surface area contributed by atoms with Gasteiger partial charge in [0.15, 0.2) is 5.82 Å². The van der Waals surface area contributed by atoms with Crippen molar-refractivity contribution < 1.29 is 14.3 Å². The monoisotopic (exact) mass is 524 g/mol. The quantitative estimate of drug-likeness (QED) is 0.441. The average molecular weight is 525 g/mol. The number of nitrogens with two attached hydrogens (primary N) is 1. The zero-order valence-electron chi connectivity index (χ0n) is 21.0. The molecule has 3 aliphatic carbocycles. The van der Waals surface area contributed by atoms with Crippen molar-refractivity contribution in [2.24, 2.45) is 23.5 Å². The van der Waals surface area contributed by atoms with Gasteiger partial charge >= 0.3 is 6.09 Å². The van der Waals surface area contributed by atoms with Crippen molar-refractivity contribution in [3.05, 3.63) is 46.6 Å². The Morgan fingerprint density at radius 3 is 2.68 bits per heavy atom. The number of ether oxygens (including phenoxy) is 2. The molecule has 10 heteroatoms. The summed E-state index contributed by atoms with van der Waals surface area (Å²) in [7, 11) is 1.68. The van der Waals surface area contributed by atoms with Crippen LogP contribution in [0.3, 0.4) is 0 Å². The Balaban J connectivity index is 1.20. The molecule has 0 spiro atoms. The van der Waals surface area contributed by atoms with Crippen LogP contribution in [0.2, 0.25) is 5.02 Å². The first-order valence-corrected chi connectivity index (χ1v) is 13.5. The van der Waals surface area contributed by atoms with Crippen molar-refractivity contribution in [1.29, 1.82) is 0 Å².